The van der Waals surface area contributed by atoms with Gasteiger partial charge in [-0.05, 0) is 43.8 Å². The average Bonchev–Trinajstić information content (AvgIpc) is 2.88. The fraction of sp³-hybridized carbons (Fsp3) is 0.625. The monoisotopic (exact) mass is 231 g/mol. The Bertz CT molecular complexity index is 288. The van der Waals surface area contributed by atoms with Crippen LogP contribution in [0, 0.1) is 5.92 Å². The van der Waals surface area contributed by atoms with Crippen molar-refractivity contribution in [2.24, 2.45) is 5.92 Å². The van der Waals surface area contributed by atoms with E-state index in [4.69, 9.17) is 0 Å². The summed E-state index contributed by atoms with van der Waals surface area (Å²) in [6.07, 6.45) is 9.76. The molecule has 0 saturated heterocycles. The predicted octanol–water partition coefficient (Wildman–Crippen LogP) is 3.79. The molecule has 1 saturated carbocycles. The SMILES string of the molecule is c1ccc(CCCNCCC2CCCC2)cc1. The lowest BCUT2D eigenvalue weighted by molar-refractivity contribution is 0.475. The second-order valence-corrected chi connectivity index (χ2v) is 5.28. The average molecular weight is 231 g/mol. The number of hydrogen-bond acceptors (Lipinski definition) is 1. The molecule has 1 fully saturated rings. The van der Waals surface area contributed by atoms with Gasteiger partial charge in [0, 0.05) is 0 Å². The minimum Gasteiger partial charge on any atom is -0.317 e. The van der Waals surface area contributed by atoms with Gasteiger partial charge < -0.3 is 5.32 Å². The summed E-state index contributed by atoms with van der Waals surface area (Å²) in [6.45, 7) is 2.39. The third-order valence-electron chi connectivity index (χ3n) is 3.87. The van der Waals surface area contributed by atoms with Gasteiger partial charge in [-0.25, -0.2) is 0 Å². The molecule has 94 valence electrons. The van der Waals surface area contributed by atoms with Crippen molar-refractivity contribution in [3.8, 4) is 0 Å². The summed E-state index contributed by atoms with van der Waals surface area (Å²) in [5.74, 6) is 1.02. The van der Waals surface area contributed by atoms with Gasteiger partial charge in [-0.2, -0.15) is 0 Å². The van der Waals surface area contributed by atoms with Crippen LogP contribution in [0.15, 0.2) is 30.3 Å². The zero-order valence-electron chi connectivity index (χ0n) is 10.8. The molecule has 0 atom stereocenters. The van der Waals surface area contributed by atoms with Crippen LogP contribution in [0.5, 0.6) is 0 Å². The molecule has 1 aliphatic rings. The van der Waals surface area contributed by atoms with Crippen LogP contribution in [0.25, 0.3) is 0 Å². The molecule has 0 unspecified atom stereocenters. The van der Waals surface area contributed by atoms with Crippen LogP contribution in [0.3, 0.4) is 0 Å². The maximum absolute atomic E-state index is 3.58. The standard InChI is InChI=1S/C16H25N/c1-2-7-15(8-3-1)11-6-13-17-14-12-16-9-4-5-10-16/h1-3,7-8,16-17H,4-6,9-14H2. The van der Waals surface area contributed by atoms with Crippen LogP contribution >= 0.6 is 0 Å². The highest BCUT2D eigenvalue weighted by molar-refractivity contribution is 5.14. The van der Waals surface area contributed by atoms with Crippen molar-refractivity contribution in [2.45, 2.75) is 44.9 Å². The smallest absolute Gasteiger partial charge is 0.00457 e. The summed E-state index contributed by atoms with van der Waals surface area (Å²) in [6, 6.07) is 10.8. The van der Waals surface area contributed by atoms with Gasteiger partial charge in [-0.1, -0.05) is 56.0 Å². The Balaban J connectivity index is 1.46. The molecule has 1 nitrogen and oxygen atoms in total. The van der Waals surface area contributed by atoms with Gasteiger partial charge in [0.05, 0.1) is 0 Å². The lowest BCUT2D eigenvalue weighted by Gasteiger charge is -2.09. The van der Waals surface area contributed by atoms with Crippen LogP contribution < -0.4 is 5.32 Å². The summed E-state index contributed by atoms with van der Waals surface area (Å²) in [4.78, 5) is 0. The van der Waals surface area contributed by atoms with E-state index >= 15 is 0 Å². The minimum atomic E-state index is 1.02. The summed E-state index contributed by atoms with van der Waals surface area (Å²) in [7, 11) is 0. The van der Waals surface area contributed by atoms with E-state index in [-0.39, 0.29) is 0 Å². The molecule has 0 aliphatic heterocycles. The lowest BCUT2D eigenvalue weighted by Crippen LogP contribution is -2.19. The minimum absolute atomic E-state index is 1.02. The summed E-state index contributed by atoms with van der Waals surface area (Å²) < 4.78 is 0. The van der Waals surface area contributed by atoms with E-state index in [0.717, 1.165) is 5.92 Å². The van der Waals surface area contributed by atoms with Crippen molar-refractivity contribution in [1.29, 1.82) is 0 Å². The van der Waals surface area contributed by atoms with Gasteiger partial charge in [0.25, 0.3) is 0 Å². The third-order valence-corrected chi connectivity index (χ3v) is 3.87. The largest absolute Gasteiger partial charge is 0.317 e. The molecule has 1 aliphatic carbocycles. The van der Waals surface area contributed by atoms with Gasteiger partial charge in [0.1, 0.15) is 0 Å². The molecule has 1 heteroatoms. The van der Waals surface area contributed by atoms with Crippen molar-refractivity contribution >= 4 is 0 Å². The highest BCUT2D eigenvalue weighted by Crippen LogP contribution is 2.26. The van der Waals surface area contributed by atoms with Crippen LogP contribution in [0.2, 0.25) is 0 Å². The van der Waals surface area contributed by atoms with E-state index in [2.05, 4.69) is 35.6 Å². The first kappa shape index (κ1) is 12.6. The predicted molar refractivity (Wildman–Crippen MR) is 74.2 cm³/mol. The molecule has 17 heavy (non-hydrogen) atoms. The molecular formula is C16H25N. The number of aryl methyl sites for hydroxylation is 1. The number of nitrogens with one attached hydrogen (secondary N) is 1. The Morgan fingerprint density at radius 1 is 1.00 bits per heavy atom. The number of benzene rings is 1. The molecule has 1 N–H and O–H groups in total. The van der Waals surface area contributed by atoms with Crippen LogP contribution in [0.4, 0.5) is 0 Å². The fourth-order valence-electron chi connectivity index (χ4n) is 2.79. The Morgan fingerprint density at radius 2 is 1.76 bits per heavy atom. The summed E-state index contributed by atoms with van der Waals surface area (Å²) in [5, 5.41) is 3.58. The zero-order chi connectivity index (χ0) is 11.8. The van der Waals surface area contributed by atoms with Crippen molar-refractivity contribution in [2.75, 3.05) is 13.1 Å². The van der Waals surface area contributed by atoms with Crippen LogP contribution in [-0.4, -0.2) is 13.1 Å². The Hall–Kier alpha value is -0.820. The topological polar surface area (TPSA) is 12.0 Å². The highest BCUT2D eigenvalue weighted by atomic mass is 14.8. The second-order valence-electron chi connectivity index (χ2n) is 5.28. The number of rotatable bonds is 7. The second kappa shape index (κ2) is 7.50. The van der Waals surface area contributed by atoms with E-state index in [1.165, 1.54) is 63.6 Å². The Kier molecular flexibility index (Phi) is 5.57. The summed E-state index contributed by atoms with van der Waals surface area (Å²) in [5.41, 5.74) is 1.46. The maximum Gasteiger partial charge on any atom is -0.00457 e. The molecular weight excluding hydrogens is 206 g/mol. The molecule has 0 radical (unpaired) electrons. The third kappa shape index (κ3) is 4.91. The fourth-order valence-corrected chi connectivity index (χ4v) is 2.79. The van der Waals surface area contributed by atoms with Gasteiger partial charge in [-0.15, -0.1) is 0 Å². The molecule has 0 heterocycles. The van der Waals surface area contributed by atoms with Crippen molar-refractivity contribution < 1.29 is 0 Å². The number of hydrogen-bond donors (Lipinski definition) is 1. The Labute approximate surface area is 106 Å². The van der Waals surface area contributed by atoms with Crippen molar-refractivity contribution in [3.63, 3.8) is 0 Å². The molecule has 0 aromatic heterocycles. The molecule has 2 rings (SSSR count). The van der Waals surface area contributed by atoms with E-state index in [1.807, 2.05) is 0 Å². The van der Waals surface area contributed by atoms with E-state index < -0.39 is 0 Å². The first-order valence-corrected chi connectivity index (χ1v) is 7.20. The lowest BCUT2D eigenvalue weighted by atomic mass is 10.0. The normalized spacial score (nSPS) is 16.5. The van der Waals surface area contributed by atoms with Gasteiger partial charge in [0.2, 0.25) is 0 Å². The van der Waals surface area contributed by atoms with Crippen LogP contribution in [-0.2, 0) is 6.42 Å². The first-order chi connectivity index (χ1) is 8.45. The molecule has 0 spiro atoms. The molecule has 1 aromatic rings. The summed E-state index contributed by atoms with van der Waals surface area (Å²) >= 11 is 0. The van der Waals surface area contributed by atoms with Crippen LogP contribution in [0.1, 0.15) is 44.1 Å². The quantitative estimate of drug-likeness (QED) is 0.704. The van der Waals surface area contributed by atoms with Gasteiger partial charge in [0.15, 0.2) is 0 Å². The molecule has 0 amide bonds. The zero-order valence-corrected chi connectivity index (χ0v) is 10.8. The Morgan fingerprint density at radius 3 is 2.53 bits per heavy atom. The van der Waals surface area contributed by atoms with E-state index in [1.54, 1.807) is 0 Å². The van der Waals surface area contributed by atoms with Crippen molar-refractivity contribution in [3.05, 3.63) is 35.9 Å². The molecule has 0 bridgehead atoms. The van der Waals surface area contributed by atoms with Gasteiger partial charge in [-0.3, -0.25) is 0 Å². The molecule has 1 aromatic carbocycles. The maximum atomic E-state index is 3.58. The van der Waals surface area contributed by atoms with Crippen molar-refractivity contribution in [1.82, 2.24) is 5.32 Å². The van der Waals surface area contributed by atoms with E-state index in [9.17, 15) is 0 Å². The first-order valence-electron chi connectivity index (χ1n) is 7.20. The van der Waals surface area contributed by atoms with E-state index in [0.29, 0.717) is 0 Å². The van der Waals surface area contributed by atoms with Gasteiger partial charge >= 0.3 is 0 Å². The highest BCUT2D eigenvalue weighted by Gasteiger charge is 2.13.